The first-order valence-electron chi connectivity index (χ1n) is 8.41. The Morgan fingerprint density at radius 1 is 1.15 bits per heavy atom. The van der Waals surface area contributed by atoms with Crippen LogP contribution in [-0.2, 0) is 21.2 Å². The third kappa shape index (κ3) is 3.15. The number of hydrogen-bond acceptors (Lipinski definition) is 8. The molecule has 3 heterocycles. The number of benzene rings is 1. The predicted molar refractivity (Wildman–Crippen MR) is 88.6 cm³/mol. The molecule has 0 bridgehead atoms. The van der Waals surface area contributed by atoms with Crippen molar-refractivity contribution in [2.24, 2.45) is 0 Å². The zero-order chi connectivity index (χ0) is 18.1. The number of rotatable bonds is 4. The maximum absolute atomic E-state index is 13.0. The molecular formula is C16H19N3O6S. The van der Waals surface area contributed by atoms with Crippen molar-refractivity contribution in [2.45, 2.75) is 24.3 Å². The Labute approximate surface area is 150 Å². The maximum atomic E-state index is 13.0. The van der Waals surface area contributed by atoms with E-state index < -0.39 is 16.1 Å². The highest BCUT2D eigenvalue weighted by atomic mass is 32.2. The van der Waals surface area contributed by atoms with Gasteiger partial charge in [-0.3, -0.25) is 0 Å². The number of ether oxygens (including phenoxy) is 3. The third-order valence-corrected chi connectivity index (χ3v) is 6.10. The minimum atomic E-state index is -3.71. The van der Waals surface area contributed by atoms with Gasteiger partial charge in [0.15, 0.2) is 11.5 Å². The molecule has 1 aromatic carbocycles. The minimum absolute atomic E-state index is 0.113. The van der Waals surface area contributed by atoms with Gasteiger partial charge in [-0.2, -0.15) is 4.31 Å². The highest BCUT2D eigenvalue weighted by molar-refractivity contribution is 7.89. The molecule has 0 N–H and O–H groups in total. The van der Waals surface area contributed by atoms with Gasteiger partial charge in [0.1, 0.15) is 19.3 Å². The number of morpholine rings is 1. The number of hydrogen-bond donors (Lipinski definition) is 0. The molecule has 1 atom stereocenters. The molecule has 0 aliphatic carbocycles. The van der Waals surface area contributed by atoms with E-state index in [0.29, 0.717) is 42.9 Å². The monoisotopic (exact) mass is 381 g/mol. The fraction of sp³-hybridized carbons (Fsp3) is 0.500. The Morgan fingerprint density at radius 2 is 1.96 bits per heavy atom. The van der Waals surface area contributed by atoms with Gasteiger partial charge < -0.3 is 18.6 Å². The van der Waals surface area contributed by atoms with Crippen molar-refractivity contribution in [1.82, 2.24) is 14.5 Å². The fourth-order valence-corrected chi connectivity index (χ4v) is 4.31. The van der Waals surface area contributed by atoms with E-state index in [0.717, 1.165) is 0 Å². The Kier molecular flexibility index (Phi) is 4.55. The summed E-state index contributed by atoms with van der Waals surface area (Å²) in [6, 6.07) is 4.64. The lowest BCUT2D eigenvalue weighted by molar-refractivity contribution is -0.0178. The molecule has 0 amide bonds. The second-order valence-electron chi connectivity index (χ2n) is 5.92. The van der Waals surface area contributed by atoms with Crippen LogP contribution in [0, 0.1) is 0 Å². The topological polar surface area (TPSA) is 104 Å². The lowest BCUT2D eigenvalue weighted by Gasteiger charge is -2.30. The average molecular weight is 381 g/mol. The molecule has 140 valence electrons. The summed E-state index contributed by atoms with van der Waals surface area (Å²) < 4.78 is 49.5. The molecule has 10 heteroatoms. The van der Waals surface area contributed by atoms with Crippen LogP contribution in [0.25, 0.3) is 0 Å². The van der Waals surface area contributed by atoms with Crippen LogP contribution >= 0.6 is 0 Å². The first-order valence-corrected chi connectivity index (χ1v) is 9.85. The highest BCUT2D eigenvalue weighted by Gasteiger charge is 2.34. The van der Waals surface area contributed by atoms with E-state index in [1.54, 1.807) is 6.07 Å². The zero-order valence-corrected chi connectivity index (χ0v) is 15.1. The van der Waals surface area contributed by atoms with Crippen LogP contribution in [-0.4, -0.2) is 55.8 Å². The molecule has 0 spiro atoms. The van der Waals surface area contributed by atoms with Gasteiger partial charge in [0.25, 0.3) is 0 Å². The van der Waals surface area contributed by atoms with Crippen molar-refractivity contribution < 1.29 is 27.0 Å². The summed E-state index contributed by atoms with van der Waals surface area (Å²) in [4.78, 5) is 0.155. The summed E-state index contributed by atoms with van der Waals surface area (Å²) in [5.41, 5.74) is 0. The third-order valence-electron chi connectivity index (χ3n) is 4.24. The van der Waals surface area contributed by atoms with Crippen LogP contribution in [0.4, 0.5) is 0 Å². The Hall–Kier alpha value is -2.17. The lowest BCUT2D eigenvalue weighted by Crippen LogP contribution is -2.42. The van der Waals surface area contributed by atoms with Gasteiger partial charge in [-0.1, -0.05) is 6.92 Å². The number of aryl methyl sites for hydroxylation is 1. The molecule has 1 aromatic heterocycles. The van der Waals surface area contributed by atoms with Gasteiger partial charge in [0.2, 0.25) is 21.8 Å². The largest absolute Gasteiger partial charge is 0.486 e. The highest BCUT2D eigenvalue weighted by Crippen LogP contribution is 2.34. The number of fused-ring (bicyclic) bond motifs is 1. The van der Waals surface area contributed by atoms with E-state index in [-0.39, 0.29) is 24.6 Å². The average Bonchev–Trinajstić information content (AvgIpc) is 3.17. The normalized spacial score (nSPS) is 20.9. The van der Waals surface area contributed by atoms with Crippen LogP contribution in [0.1, 0.15) is 24.8 Å². The van der Waals surface area contributed by atoms with Gasteiger partial charge in [0, 0.05) is 25.6 Å². The van der Waals surface area contributed by atoms with E-state index in [2.05, 4.69) is 10.2 Å². The molecule has 2 aromatic rings. The molecule has 26 heavy (non-hydrogen) atoms. The Bertz CT molecular complexity index is 897. The van der Waals surface area contributed by atoms with Gasteiger partial charge in [-0.05, 0) is 12.1 Å². The van der Waals surface area contributed by atoms with Crippen LogP contribution < -0.4 is 9.47 Å². The molecule has 1 saturated heterocycles. The van der Waals surface area contributed by atoms with Crippen molar-refractivity contribution in [3.63, 3.8) is 0 Å². The van der Waals surface area contributed by atoms with Crippen LogP contribution in [0.3, 0.4) is 0 Å². The second-order valence-corrected chi connectivity index (χ2v) is 7.85. The van der Waals surface area contributed by atoms with E-state index in [1.807, 2.05) is 6.92 Å². The van der Waals surface area contributed by atoms with Gasteiger partial charge in [-0.15, -0.1) is 10.2 Å². The van der Waals surface area contributed by atoms with Crippen LogP contribution in [0.5, 0.6) is 11.5 Å². The standard InChI is InChI=1S/C16H19N3O6S/c1-2-15-17-18-16(25-15)14-10-19(5-6-22-14)26(20,21)11-3-4-12-13(9-11)24-8-7-23-12/h3-4,9,14H,2,5-8,10H2,1H3/t14-/m1/s1. The van der Waals surface area contributed by atoms with E-state index >= 15 is 0 Å². The van der Waals surface area contributed by atoms with E-state index in [4.69, 9.17) is 18.6 Å². The molecule has 9 nitrogen and oxygen atoms in total. The SMILES string of the molecule is CCc1nnc([C@H]2CN(S(=O)(=O)c3ccc4c(c3)OCCO4)CCO2)o1. The predicted octanol–water partition coefficient (Wildman–Crippen LogP) is 1.17. The fourth-order valence-electron chi connectivity index (χ4n) is 2.87. The van der Waals surface area contributed by atoms with Crippen LogP contribution in [0.2, 0.25) is 0 Å². The number of nitrogens with zero attached hydrogens (tertiary/aromatic N) is 3. The van der Waals surface area contributed by atoms with Crippen molar-refractivity contribution in [3.05, 3.63) is 30.0 Å². The quantitative estimate of drug-likeness (QED) is 0.777. The van der Waals surface area contributed by atoms with Gasteiger partial charge in [-0.25, -0.2) is 8.42 Å². The first-order chi connectivity index (χ1) is 12.6. The minimum Gasteiger partial charge on any atom is -0.486 e. The molecule has 0 radical (unpaired) electrons. The molecule has 0 unspecified atom stereocenters. The molecule has 2 aliphatic heterocycles. The summed E-state index contributed by atoms with van der Waals surface area (Å²) in [5, 5.41) is 7.87. The molecule has 1 fully saturated rings. The Morgan fingerprint density at radius 3 is 2.73 bits per heavy atom. The smallest absolute Gasteiger partial charge is 0.246 e. The molecule has 0 saturated carbocycles. The van der Waals surface area contributed by atoms with Gasteiger partial charge in [0.05, 0.1) is 11.5 Å². The van der Waals surface area contributed by atoms with Crippen molar-refractivity contribution in [2.75, 3.05) is 32.9 Å². The number of sulfonamides is 1. The summed E-state index contributed by atoms with van der Waals surface area (Å²) in [6.45, 7) is 3.36. The zero-order valence-electron chi connectivity index (χ0n) is 14.3. The van der Waals surface area contributed by atoms with E-state index in [9.17, 15) is 8.42 Å². The van der Waals surface area contributed by atoms with Crippen molar-refractivity contribution in [3.8, 4) is 11.5 Å². The summed E-state index contributed by atoms with van der Waals surface area (Å²) in [7, 11) is -3.71. The Balaban J connectivity index is 1.57. The molecule has 2 aliphatic rings. The molecular weight excluding hydrogens is 362 g/mol. The number of aromatic nitrogens is 2. The van der Waals surface area contributed by atoms with Crippen molar-refractivity contribution in [1.29, 1.82) is 0 Å². The molecule has 4 rings (SSSR count). The van der Waals surface area contributed by atoms with Gasteiger partial charge >= 0.3 is 0 Å². The van der Waals surface area contributed by atoms with Crippen molar-refractivity contribution >= 4 is 10.0 Å². The summed E-state index contributed by atoms with van der Waals surface area (Å²) in [6.07, 6.45) is 0.0300. The summed E-state index contributed by atoms with van der Waals surface area (Å²) >= 11 is 0. The summed E-state index contributed by atoms with van der Waals surface area (Å²) in [5.74, 6) is 1.78. The lowest BCUT2D eigenvalue weighted by atomic mass is 10.3. The van der Waals surface area contributed by atoms with Crippen LogP contribution in [0.15, 0.2) is 27.5 Å². The second kappa shape index (κ2) is 6.86. The first kappa shape index (κ1) is 17.3. The van der Waals surface area contributed by atoms with E-state index in [1.165, 1.54) is 16.4 Å². The maximum Gasteiger partial charge on any atom is 0.246 e.